The first-order valence-electron chi connectivity index (χ1n) is 6.36. The van der Waals surface area contributed by atoms with Crippen molar-refractivity contribution in [3.63, 3.8) is 0 Å². The zero-order chi connectivity index (χ0) is 12.3. The molecule has 0 spiro atoms. The van der Waals surface area contributed by atoms with Crippen molar-refractivity contribution in [2.45, 2.75) is 45.1 Å². The van der Waals surface area contributed by atoms with E-state index in [0.717, 1.165) is 36.1 Å². The second-order valence-electron chi connectivity index (χ2n) is 5.12. The van der Waals surface area contributed by atoms with Gasteiger partial charge in [0.05, 0.1) is 17.7 Å². The molecule has 0 N–H and O–H groups in total. The lowest BCUT2D eigenvalue weighted by molar-refractivity contribution is 0.100. The molecule has 0 aliphatic heterocycles. The topological polar surface area (TPSA) is 22.1 Å². The fraction of sp³-hybridized carbons (Fsp3) is 0.643. The monoisotopic (exact) mass is 253 g/mol. The Balaban J connectivity index is 1.96. The Morgan fingerprint density at radius 1 is 1.35 bits per heavy atom. The zero-order valence-electron chi connectivity index (χ0n) is 10.5. The lowest BCUT2D eigenvalue weighted by Crippen LogP contribution is -2.28. The fourth-order valence-corrected chi connectivity index (χ4v) is 2.55. The number of aromatic nitrogens is 1. The number of nitrogens with zero attached hydrogens (tertiary/aromatic N) is 1. The van der Waals surface area contributed by atoms with E-state index < -0.39 is 0 Å². The van der Waals surface area contributed by atoms with Crippen LogP contribution in [0, 0.1) is 11.8 Å². The number of rotatable bonds is 3. The summed E-state index contributed by atoms with van der Waals surface area (Å²) >= 11 is 5.77. The second kappa shape index (κ2) is 5.72. The first-order chi connectivity index (χ1) is 8.19. The molecular formula is C14H20ClNO. The van der Waals surface area contributed by atoms with Gasteiger partial charge in [0, 0.05) is 12.3 Å². The van der Waals surface area contributed by atoms with E-state index in [0.29, 0.717) is 12.0 Å². The largest absolute Gasteiger partial charge is 0.490 e. The number of hydrogen-bond acceptors (Lipinski definition) is 2. The summed E-state index contributed by atoms with van der Waals surface area (Å²) < 4.78 is 6.02. The highest BCUT2D eigenvalue weighted by Gasteiger charge is 2.25. The van der Waals surface area contributed by atoms with Crippen LogP contribution in [0.5, 0.6) is 5.75 Å². The molecule has 3 heteroatoms. The molecule has 2 nitrogen and oxygen atoms in total. The fourth-order valence-electron chi connectivity index (χ4n) is 2.40. The van der Waals surface area contributed by atoms with E-state index in [9.17, 15) is 0 Å². The van der Waals surface area contributed by atoms with E-state index in [4.69, 9.17) is 16.3 Å². The molecule has 1 saturated carbocycles. The van der Waals surface area contributed by atoms with Crippen LogP contribution in [-0.2, 0) is 5.88 Å². The number of ether oxygens (including phenoxy) is 1. The van der Waals surface area contributed by atoms with Crippen molar-refractivity contribution in [3.05, 3.63) is 24.0 Å². The van der Waals surface area contributed by atoms with Crippen LogP contribution in [0.3, 0.4) is 0 Å². The van der Waals surface area contributed by atoms with Crippen molar-refractivity contribution in [3.8, 4) is 5.75 Å². The molecular weight excluding hydrogens is 234 g/mol. The molecule has 1 aliphatic carbocycles. The minimum absolute atomic E-state index is 0.353. The Hall–Kier alpha value is -0.760. The first-order valence-corrected chi connectivity index (χ1v) is 6.90. The van der Waals surface area contributed by atoms with E-state index >= 15 is 0 Å². The minimum Gasteiger partial charge on any atom is -0.490 e. The molecule has 0 saturated heterocycles. The molecule has 1 aromatic rings. The van der Waals surface area contributed by atoms with Crippen molar-refractivity contribution < 1.29 is 4.74 Å². The van der Waals surface area contributed by atoms with E-state index in [-0.39, 0.29) is 0 Å². The summed E-state index contributed by atoms with van der Waals surface area (Å²) in [6, 6.07) is 3.86. The molecule has 3 unspecified atom stereocenters. The normalized spacial score (nSPS) is 29.0. The van der Waals surface area contributed by atoms with Crippen LogP contribution in [0.1, 0.15) is 38.8 Å². The Kier molecular flexibility index (Phi) is 4.27. The van der Waals surface area contributed by atoms with Gasteiger partial charge < -0.3 is 4.74 Å². The minimum atomic E-state index is 0.353. The predicted molar refractivity (Wildman–Crippen MR) is 70.4 cm³/mol. The van der Waals surface area contributed by atoms with Crippen LogP contribution in [0.4, 0.5) is 0 Å². The SMILES string of the molecule is CC1CCC(Oc2ccnc(CCl)c2)CC1C. The summed E-state index contributed by atoms with van der Waals surface area (Å²) in [4.78, 5) is 4.17. The lowest BCUT2D eigenvalue weighted by Gasteiger charge is -2.32. The van der Waals surface area contributed by atoms with Crippen molar-refractivity contribution in [2.24, 2.45) is 11.8 Å². The molecule has 0 radical (unpaired) electrons. The molecule has 0 bridgehead atoms. The van der Waals surface area contributed by atoms with Gasteiger partial charge in [0.1, 0.15) is 5.75 Å². The maximum absolute atomic E-state index is 6.02. The molecule has 1 fully saturated rings. The number of halogens is 1. The third-order valence-electron chi connectivity index (χ3n) is 3.78. The Bertz CT molecular complexity index is 369. The molecule has 2 rings (SSSR count). The number of pyridine rings is 1. The van der Waals surface area contributed by atoms with Gasteiger partial charge in [-0.05, 0) is 37.2 Å². The average Bonchev–Trinajstić information content (AvgIpc) is 2.34. The molecule has 1 heterocycles. The van der Waals surface area contributed by atoms with Gasteiger partial charge in [-0.2, -0.15) is 0 Å². The zero-order valence-corrected chi connectivity index (χ0v) is 11.3. The molecule has 94 valence electrons. The van der Waals surface area contributed by atoms with Gasteiger partial charge in [0.25, 0.3) is 0 Å². The summed E-state index contributed by atoms with van der Waals surface area (Å²) in [6.45, 7) is 4.65. The van der Waals surface area contributed by atoms with Gasteiger partial charge in [0.15, 0.2) is 0 Å². The molecule has 3 atom stereocenters. The van der Waals surface area contributed by atoms with Crippen LogP contribution in [0.15, 0.2) is 18.3 Å². The maximum atomic E-state index is 6.02. The van der Waals surface area contributed by atoms with Crippen molar-refractivity contribution in [2.75, 3.05) is 0 Å². The third-order valence-corrected chi connectivity index (χ3v) is 4.05. The van der Waals surface area contributed by atoms with Crippen LogP contribution in [-0.4, -0.2) is 11.1 Å². The summed E-state index contributed by atoms with van der Waals surface area (Å²) in [7, 11) is 0. The summed E-state index contributed by atoms with van der Waals surface area (Å²) in [6.07, 6.45) is 5.69. The van der Waals surface area contributed by atoms with Gasteiger partial charge in [0.2, 0.25) is 0 Å². The molecule has 0 aromatic carbocycles. The van der Waals surface area contributed by atoms with Crippen molar-refractivity contribution in [1.82, 2.24) is 4.98 Å². The van der Waals surface area contributed by atoms with E-state index in [2.05, 4.69) is 18.8 Å². The van der Waals surface area contributed by atoms with Gasteiger partial charge >= 0.3 is 0 Å². The van der Waals surface area contributed by atoms with Crippen LogP contribution < -0.4 is 4.74 Å². The van der Waals surface area contributed by atoms with E-state index in [1.807, 2.05) is 12.1 Å². The smallest absolute Gasteiger partial charge is 0.123 e. The van der Waals surface area contributed by atoms with Crippen molar-refractivity contribution >= 4 is 11.6 Å². The van der Waals surface area contributed by atoms with Crippen molar-refractivity contribution in [1.29, 1.82) is 0 Å². The molecule has 1 aromatic heterocycles. The highest BCUT2D eigenvalue weighted by molar-refractivity contribution is 6.16. The van der Waals surface area contributed by atoms with Gasteiger partial charge in [-0.25, -0.2) is 0 Å². The molecule has 0 amide bonds. The highest BCUT2D eigenvalue weighted by Crippen LogP contribution is 2.31. The lowest BCUT2D eigenvalue weighted by atomic mass is 9.80. The number of hydrogen-bond donors (Lipinski definition) is 0. The van der Waals surface area contributed by atoms with Gasteiger partial charge in [-0.15, -0.1) is 11.6 Å². The summed E-state index contributed by atoms with van der Waals surface area (Å²) in [5.41, 5.74) is 0.876. The first kappa shape index (κ1) is 12.7. The van der Waals surface area contributed by atoms with Crippen LogP contribution in [0.25, 0.3) is 0 Å². The average molecular weight is 254 g/mol. The standard InChI is InChI=1S/C14H20ClNO/c1-10-3-4-13(7-11(10)2)17-14-5-6-16-12(8-14)9-15/h5-6,8,10-11,13H,3-4,7,9H2,1-2H3. The Morgan fingerprint density at radius 3 is 2.88 bits per heavy atom. The van der Waals surface area contributed by atoms with Gasteiger partial charge in [-0.1, -0.05) is 13.8 Å². The number of alkyl halides is 1. The maximum Gasteiger partial charge on any atom is 0.123 e. The van der Waals surface area contributed by atoms with Crippen LogP contribution in [0.2, 0.25) is 0 Å². The Morgan fingerprint density at radius 2 is 2.18 bits per heavy atom. The highest BCUT2D eigenvalue weighted by atomic mass is 35.5. The quantitative estimate of drug-likeness (QED) is 0.759. The van der Waals surface area contributed by atoms with Gasteiger partial charge in [-0.3, -0.25) is 4.98 Å². The molecule has 1 aliphatic rings. The molecule has 17 heavy (non-hydrogen) atoms. The second-order valence-corrected chi connectivity index (χ2v) is 5.39. The Labute approximate surface area is 108 Å². The third kappa shape index (κ3) is 3.35. The summed E-state index contributed by atoms with van der Waals surface area (Å²) in [5.74, 6) is 2.92. The van der Waals surface area contributed by atoms with E-state index in [1.54, 1.807) is 6.20 Å². The predicted octanol–water partition coefficient (Wildman–Crippen LogP) is 4.02. The van der Waals surface area contributed by atoms with E-state index in [1.165, 1.54) is 6.42 Å². The van der Waals surface area contributed by atoms with Crippen LogP contribution >= 0.6 is 11.6 Å². The summed E-state index contributed by atoms with van der Waals surface area (Å²) in [5, 5.41) is 0.